The predicted octanol–water partition coefficient (Wildman–Crippen LogP) is 2.96. The molecule has 0 nitrogen and oxygen atoms in total. The van der Waals surface area contributed by atoms with Gasteiger partial charge in [0.2, 0.25) is 0 Å². The molecule has 0 aliphatic heterocycles. The molecule has 0 fully saturated rings. The molecule has 0 aromatic carbocycles. The Morgan fingerprint density at radius 3 is 1.75 bits per heavy atom. The molecule has 0 amide bonds. The van der Waals surface area contributed by atoms with Crippen molar-refractivity contribution in [2.24, 2.45) is 0 Å². The minimum atomic E-state index is 0. The number of allylic oxidation sites excluding steroid dienone is 8. The minimum absolute atomic E-state index is 0. The quantitative estimate of drug-likeness (QED) is 0.645. The Morgan fingerprint density at radius 2 is 1.42 bits per heavy atom. The third kappa shape index (κ3) is 2.35. The van der Waals surface area contributed by atoms with Crippen LogP contribution in [0.4, 0.5) is 0 Å². The van der Waals surface area contributed by atoms with Crippen LogP contribution in [0.5, 0.6) is 0 Å². The Labute approximate surface area is 92.9 Å². The van der Waals surface area contributed by atoms with Crippen LogP contribution < -0.4 is 0 Å². The topological polar surface area (TPSA) is 0 Å². The summed E-state index contributed by atoms with van der Waals surface area (Å²) in [7, 11) is 0. The van der Waals surface area contributed by atoms with Gasteiger partial charge < -0.3 is 0 Å². The molecule has 12 heavy (non-hydrogen) atoms. The first-order valence-corrected chi connectivity index (χ1v) is 4.01. The Balaban J connectivity index is 0.000000720. The van der Waals surface area contributed by atoms with Crippen molar-refractivity contribution < 1.29 is 26.2 Å². The van der Waals surface area contributed by atoms with Crippen molar-refractivity contribution in [1.29, 1.82) is 0 Å². The maximum absolute atomic E-state index is 2.28. The molecule has 0 aromatic rings. The van der Waals surface area contributed by atoms with Gasteiger partial charge in [-0.25, -0.2) is 0 Å². The standard InChI is InChI=1S/C11H11.Zr/c1-2-6-10(5-1)9-11-7-3-4-8-11;/h1-5,7,9H,6,8H2;/q-1;. The second-order valence-electron chi connectivity index (χ2n) is 2.89. The molecule has 0 aromatic heterocycles. The zero-order valence-corrected chi connectivity index (χ0v) is 9.41. The first-order valence-electron chi connectivity index (χ1n) is 4.01. The van der Waals surface area contributed by atoms with Crippen LogP contribution in [0.2, 0.25) is 0 Å². The maximum Gasteiger partial charge on any atom is 0 e. The molecular weight excluding hydrogens is 223 g/mol. The molecule has 2 aliphatic carbocycles. The summed E-state index contributed by atoms with van der Waals surface area (Å²) in [5.74, 6) is 0. The van der Waals surface area contributed by atoms with Gasteiger partial charge in [-0.2, -0.15) is 29.7 Å². The zero-order valence-electron chi connectivity index (χ0n) is 6.96. The normalized spacial score (nSPS) is 18.7. The fourth-order valence-corrected chi connectivity index (χ4v) is 1.38. The Kier molecular flexibility index (Phi) is 3.81. The fourth-order valence-electron chi connectivity index (χ4n) is 1.38. The Hall–Kier alpha value is -0.287. The summed E-state index contributed by atoms with van der Waals surface area (Å²) in [6.07, 6.45) is 17.5. The fraction of sp³-hybridized carbons (Fsp3) is 0.182. The van der Waals surface area contributed by atoms with Crippen molar-refractivity contribution in [3.63, 3.8) is 0 Å². The van der Waals surface area contributed by atoms with E-state index in [4.69, 9.17) is 0 Å². The van der Waals surface area contributed by atoms with E-state index in [0.717, 1.165) is 12.8 Å². The Bertz CT molecular complexity index is 239. The Morgan fingerprint density at radius 1 is 0.917 bits per heavy atom. The van der Waals surface area contributed by atoms with Gasteiger partial charge in [0, 0.05) is 26.2 Å². The molecule has 0 atom stereocenters. The van der Waals surface area contributed by atoms with Crippen LogP contribution in [0.1, 0.15) is 12.8 Å². The van der Waals surface area contributed by atoms with E-state index in [2.05, 4.69) is 42.9 Å². The molecule has 0 radical (unpaired) electrons. The van der Waals surface area contributed by atoms with Crippen molar-refractivity contribution >= 4 is 0 Å². The first-order chi connectivity index (χ1) is 5.45. The van der Waals surface area contributed by atoms with Gasteiger partial charge in [0.1, 0.15) is 0 Å². The molecule has 1 heteroatoms. The van der Waals surface area contributed by atoms with Crippen LogP contribution >= 0.6 is 0 Å². The van der Waals surface area contributed by atoms with Gasteiger partial charge in [-0.15, -0.1) is 12.2 Å². The van der Waals surface area contributed by atoms with Gasteiger partial charge >= 0.3 is 0 Å². The molecule has 2 rings (SSSR count). The molecule has 0 heterocycles. The van der Waals surface area contributed by atoms with Crippen molar-refractivity contribution in [2.75, 3.05) is 0 Å². The molecule has 0 spiro atoms. The van der Waals surface area contributed by atoms with E-state index in [-0.39, 0.29) is 26.2 Å². The van der Waals surface area contributed by atoms with E-state index in [1.807, 2.05) is 0 Å². The summed E-state index contributed by atoms with van der Waals surface area (Å²) in [5.41, 5.74) is 2.86. The average molecular weight is 234 g/mol. The van der Waals surface area contributed by atoms with Crippen LogP contribution in [-0.2, 0) is 26.2 Å². The molecule has 2 aliphatic rings. The molecular formula is C11H11Zr-. The summed E-state index contributed by atoms with van der Waals surface area (Å²) in [5, 5.41) is 0. The molecule has 0 bridgehead atoms. The van der Waals surface area contributed by atoms with Crippen LogP contribution in [-0.4, -0.2) is 0 Å². The minimum Gasteiger partial charge on any atom is -0.163 e. The average Bonchev–Trinajstić information content (AvgIpc) is 2.60. The molecule has 0 unspecified atom stereocenters. The smallest absolute Gasteiger partial charge is 0 e. The van der Waals surface area contributed by atoms with Crippen molar-refractivity contribution in [3.05, 3.63) is 54.0 Å². The summed E-state index contributed by atoms with van der Waals surface area (Å²) in [6.45, 7) is 0. The van der Waals surface area contributed by atoms with E-state index in [1.54, 1.807) is 0 Å². The van der Waals surface area contributed by atoms with Crippen LogP contribution in [0, 0.1) is 6.42 Å². The summed E-state index contributed by atoms with van der Waals surface area (Å²) >= 11 is 0. The maximum atomic E-state index is 2.28. The van der Waals surface area contributed by atoms with Gasteiger partial charge in [0.15, 0.2) is 0 Å². The predicted molar refractivity (Wildman–Crippen MR) is 48.0 cm³/mol. The van der Waals surface area contributed by atoms with Gasteiger partial charge in [0.25, 0.3) is 0 Å². The van der Waals surface area contributed by atoms with Gasteiger partial charge in [-0.3, -0.25) is 0 Å². The number of hydrogen-bond acceptors (Lipinski definition) is 0. The molecule has 0 saturated carbocycles. The zero-order chi connectivity index (χ0) is 7.52. The van der Waals surface area contributed by atoms with Crippen LogP contribution in [0.15, 0.2) is 47.6 Å². The number of hydrogen-bond donors (Lipinski definition) is 0. The summed E-state index contributed by atoms with van der Waals surface area (Å²) < 4.78 is 0. The van der Waals surface area contributed by atoms with Crippen molar-refractivity contribution in [1.82, 2.24) is 0 Å². The monoisotopic (exact) mass is 233 g/mol. The molecule has 0 N–H and O–H groups in total. The second-order valence-corrected chi connectivity index (χ2v) is 2.89. The van der Waals surface area contributed by atoms with Gasteiger partial charge in [-0.1, -0.05) is 12.2 Å². The first kappa shape index (κ1) is 9.80. The third-order valence-corrected chi connectivity index (χ3v) is 1.97. The van der Waals surface area contributed by atoms with Gasteiger partial charge in [0.05, 0.1) is 0 Å². The van der Waals surface area contributed by atoms with Gasteiger partial charge in [-0.05, 0) is 12.8 Å². The third-order valence-electron chi connectivity index (χ3n) is 1.97. The summed E-state index contributed by atoms with van der Waals surface area (Å²) in [4.78, 5) is 0. The van der Waals surface area contributed by atoms with Crippen molar-refractivity contribution in [3.8, 4) is 0 Å². The van der Waals surface area contributed by atoms with Crippen LogP contribution in [0.25, 0.3) is 0 Å². The van der Waals surface area contributed by atoms with E-state index < -0.39 is 0 Å². The van der Waals surface area contributed by atoms with E-state index in [0.29, 0.717) is 0 Å². The van der Waals surface area contributed by atoms with E-state index in [1.165, 1.54) is 11.1 Å². The molecule has 60 valence electrons. The van der Waals surface area contributed by atoms with Crippen LogP contribution in [0.3, 0.4) is 0 Å². The van der Waals surface area contributed by atoms with Crippen molar-refractivity contribution in [2.45, 2.75) is 12.8 Å². The second kappa shape index (κ2) is 4.67. The number of rotatable bonds is 2. The molecule has 0 saturated heterocycles. The SMILES string of the molecule is C1=CCC([CH-]C2=CC=CC2)=C1.[Zr]. The largest absolute Gasteiger partial charge is 0.163 e. The summed E-state index contributed by atoms with van der Waals surface area (Å²) in [6, 6.07) is 0. The van der Waals surface area contributed by atoms with E-state index in [9.17, 15) is 0 Å². The van der Waals surface area contributed by atoms with E-state index >= 15 is 0 Å².